The van der Waals surface area contributed by atoms with Crippen LogP contribution in [0.15, 0.2) is 119 Å². The molecule has 1 unspecified atom stereocenters. The maximum Gasteiger partial charge on any atom is 0.143 e. The van der Waals surface area contributed by atoms with Crippen molar-refractivity contribution in [2.75, 3.05) is 5.75 Å². The van der Waals surface area contributed by atoms with Crippen molar-refractivity contribution in [2.24, 2.45) is 0 Å². The van der Waals surface area contributed by atoms with Crippen LogP contribution in [0.25, 0.3) is 4.13 Å². The lowest BCUT2D eigenvalue weighted by Gasteiger charge is -2.26. The van der Waals surface area contributed by atoms with E-state index in [0.717, 1.165) is 21.6 Å². The molecule has 4 nitrogen and oxygen atoms in total. The van der Waals surface area contributed by atoms with Crippen LogP contribution in [0.4, 0.5) is 0 Å². The van der Waals surface area contributed by atoms with E-state index in [9.17, 15) is 8.42 Å². The highest BCUT2D eigenvalue weighted by molar-refractivity contribution is 8.14. The summed E-state index contributed by atoms with van der Waals surface area (Å²) < 4.78 is 31.1. The van der Waals surface area contributed by atoms with Crippen LogP contribution < -0.4 is 5.32 Å². The minimum Gasteiger partial charge on any atom is -0.307 e. The van der Waals surface area contributed by atoms with Gasteiger partial charge in [0.1, 0.15) is 20.7 Å². The van der Waals surface area contributed by atoms with Crippen LogP contribution in [0, 0.1) is 13.8 Å². The van der Waals surface area contributed by atoms with Gasteiger partial charge in [0.15, 0.2) is 0 Å². The van der Waals surface area contributed by atoms with Gasteiger partial charge in [-0.3, -0.25) is 0 Å². The van der Waals surface area contributed by atoms with Crippen LogP contribution in [0.5, 0.6) is 0 Å². The van der Waals surface area contributed by atoms with E-state index in [4.69, 9.17) is 0 Å². The van der Waals surface area contributed by atoms with E-state index in [2.05, 4.69) is 33.7 Å². The molecule has 0 amide bonds. The van der Waals surface area contributed by atoms with Gasteiger partial charge in [0, 0.05) is 6.54 Å². The SMILES string of the molecule is Cc1ccc([S+](C[C@@H](NCc2ccccc2)c2ccccc2)[N-]S(=O)(=O)c2ccc(C)cc2)cc1. The summed E-state index contributed by atoms with van der Waals surface area (Å²) in [6.45, 7) is 4.64. The number of hydrogen-bond acceptors (Lipinski definition) is 3. The highest BCUT2D eigenvalue weighted by Crippen LogP contribution is 2.31. The van der Waals surface area contributed by atoms with Crippen molar-refractivity contribution >= 4 is 21.1 Å². The number of rotatable bonds is 10. The van der Waals surface area contributed by atoms with Gasteiger partial charge < -0.3 is 9.44 Å². The minimum absolute atomic E-state index is 0.0713. The molecule has 0 fully saturated rings. The smallest absolute Gasteiger partial charge is 0.143 e. The molecule has 180 valence electrons. The first kappa shape index (κ1) is 25.2. The first-order valence-corrected chi connectivity index (χ1v) is 14.3. The zero-order valence-corrected chi connectivity index (χ0v) is 21.6. The highest BCUT2D eigenvalue weighted by Gasteiger charge is 2.25. The third-order valence-electron chi connectivity index (χ3n) is 5.72. The summed E-state index contributed by atoms with van der Waals surface area (Å²) in [6.07, 6.45) is 0. The van der Waals surface area contributed by atoms with Gasteiger partial charge in [-0.2, -0.15) is 0 Å². The normalized spacial score (nSPS) is 13.3. The van der Waals surface area contributed by atoms with Gasteiger partial charge in [-0.25, -0.2) is 8.42 Å². The lowest BCUT2D eigenvalue weighted by Crippen LogP contribution is -2.28. The van der Waals surface area contributed by atoms with Gasteiger partial charge in [-0.15, -0.1) is 0 Å². The molecule has 4 rings (SSSR count). The molecule has 0 aliphatic heterocycles. The van der Waals surface area contributed by atoms with Gasteiger partial charge in [0.25, 0.3) is 0 Å². The van der Waals surface area contributed by atoms with Crippen LogP contribution in [0.3, 0.4) is 0 Å². The van der Waals surface area contributed by atoms with Crippen molar-refractivity contribution in [2.45, 2.75) is 36.2 Å². The van der Waals surface area contributed by atoms with Crippen molar-refractivity contribution in [3.05, 3.63) is 136 Å². The maximum atomic E-state index is 13.3. The van der Waals surface area contributed by atoms with Crippen molar-refractivity contribution in [3.63, 3.8) is 0 Å². The Kier molecular flexibility index (Phi) is 8.42. The number of nitrogens with zero attached hydrogens (tertiary/aromatic N) is 1. The molecule has 35 heavy (non-hydrogen) atoms. The molecule has 0 saturated carbocycles. The predicted octanol–water partition coefficient (Wildman–Crippen LogP) is 6.49. The molecular weight excluding hydrogens is 472 g/mol. The van der Waals surface area contributed by atoms with E-state index in [1.807, 2.05) is 74.5 Å². The number of sulfonamides is 1. The molecule has 0 aliphatic rings. The molecule has 0 heterocycles. The maximum absolute atomic E-state index is 13.3. The topological polar surface area (TPSA) is 60.3 Å². The zero-order chi connectivity index (χ0) is 24.7. The van der Waals surface area contributed by atoms with E-state index in [-0.39, 0.29) is 10.9 Å². The second-order valence-corrected chi connectivity index (χ2v) is 12.1. The van der Waals surface area contributed by atoms with E-state index in [1.54, 1.807) is 24.3 Å². The van der Waals surface area contributed by atoms with Crippen LogP contribution >= 0.6 is 0 Å². The van der Waals surface area contributed by atoms with Gasteiger partial charge in [-0.1, -0.05) is 96.1 Å². The molecule has 0 spiro atoms. The van der Waals surface area contributed by atoms with E-state index >= 15 is 0 Å². The Morgan fingerprint density at radius 1 is 0.743 bits per heavy atom. The zero-order valence-electron chi connectivity index (χ0n) is 20.0. The first-order valence-electron chi connectivity index (χ1n) is 11.6. The largest absolute Gasteiger partial charge is 0.307 e. The molecule has 0 saturated heterocycles. The van der Waals surface area contributed by atoms with Crippen molar-refractivity contribution in [1.29, 1.82) is 0 Å². The minimum atomic E-state index is -3.82. The van der Waals surface area contributed by atoms with Crippen molar-refractivity contribution in [1.82, 2.24) is 5.32 Å². The average Bonchev–Trinajstić information content (AvgIpc) is 2.87. The standard InChI is InChI=1S/C29H30N2O2S2/c1-23-13-17-27(18-14-23)34(31-35(32,33)28-19-15-24(2)16-20-28)22-29(26-11-7-4-8-12-26)30-21-25-9-5-3-6-10-25/h3-20,29-30H,21-22H2,1-2H3/t29-,34?/m1/s1. The molecule has 0 aromatic heterocycles. The second kappa shape index (κ2) is 11.7. The predicted molar refractivity (Wildman–Crippen MR) is 146 cm³/mol. The van der Waals surface area contributed by atoms with E-state index in [1.165, 1.54) is 5.56 Å². The highest BCUT2D eigenvalue weighted by atomic mass is 32.3. The van der Waals surface area contributed by atoms with Crippen molar-refractivity contribution < 1.29 is 8.42 Å². The number of benzene rings is 4. The quantitative estimate of drug-likeness (QED) is 0.252. The van der Waals surface area contributed by atoms with Crippen LogP contribution in [-0.4, -0.2) is 14.2 Å². The number of hydrogen-bond donors (Lipinski definition) is 1. The van der Waals surface area contributed by atoms with E-state index < -0.39 is 21.1 Å². The summed E-state index contributed by atoms with van der Waals surface area (Å²) in [5, 5.41) is 3.65. The average molecular weight is 503 g/mol. The molecule has 2 atom stereocenters. The summed E-state index contributed by atoms with van der Waals surface area (Å²) >= 11 is -0.885. The monoisotopic (exact) mass is 502 g/mol. The summed E-state index contributed by atoms with van der Waals surface area (Å²) in [4.78, 5) is 1.13. The van der Waals surface area contributed by atoms with Crippen LogP contribution in [0.1, 0.15) is 28.3 Å². The lowest BCUT2D eigenvalue weighted by atomic mass is 10.1. The molecule has 1 N–H and O–H groups in total. The fraction of sp³-hybridized carbons (Fsp3) is 0.172. The van der Waals surface area contributed by atoms with Gasteiger partial charge >= 0.3 is 0 Å². The Morgan fingerprint density at radius 3 is 1.89 bits per heavy atom. The molecule has 0 aliphatic carbocycles. The summed E-state index contributed by atoms with van der Waals surface area (Å²) in [5.74, 6) is 0.533. The Labute approximate surface area is 212 Å². The molecular formula is C29H30N2O2S2. The fourth-order valence-electron chi connectivity index (χ4n) is 3.69. The molecule has 4 aromatic rings. The lowest BCUT2D eigenvalue weighted by molar-refractivity contribution is 0.580. The molecule has 0 bridgehead atoms. The Morgan fingerprint density at radius 2 is 1.29 bits per heavy atom. The first-order chi connectivity index (χ1) is 16.9. The van der Waals surface area contributed by atoms with Crippen LogP contribution in [0.2, 0.25) is 0 Å². The van der Waals surface area contributed by atoms with Gasteiger partial charge in [0.2, 0.25) is 0 Å². The van der Waals surface area contributed by atoms with Gasteiger partial charge in [0.05, 0.1) is 10.9 Å². The van der Waals surface area contributed by atoms with Crippen molar-refractivity contribution in [3.8, 4) is 0 Å². The van der Waals surface area contributed by atoms with Crippen LogP contribution in [-0.2, 0) is 27.6 Å². The number of nitrogens with one attached hydrogen (secondary N) is 1. The Balaban J connectivity index is 1.64. The van der Waals surface area contributed by atoms with Gasteiger partial charge in [-0.05, 0) is 60.3 Å². The number of aryl methyl sites for hydroxylation is 2. The van der Waals surface area contributed by atoms with E-state index in [0.29, 0.717) is 12.3 Å². The summed E-state index contributed by atoms with van der Waals surface area (Å²) in [5.41, 5.74) is 4.42. The Bertz CT molecular complexity index is 1310. The third kappa shape index (κ3) is 7.05. The molecule has 4 aromatic carbocycles. The summed E-state index contributed by atoms with van der Waals surface area (Å²) in [7, 11) is -3.82. The Hall–Kier alpha value is -2.90. The third-order valence-corrected chi connectivity index (χ3v) is 9.56. The fourth-order valence-corrected chi connectivity index (χ4v) is 7.32. The molecule has 6 heteroatoms. The second-order valence-electron chi connectivity index (χ2n) is 8.54. The summed E-state index contributed by atoms with van der Waals surface area (Å²) in [6, 6.07) is 35.2. The molecule has 0 radical (unpaired) electrons.